The van der Waals surface area contributed by atoms with Crippen molar-refractivity contribution in [1.82, 2.24) is 0 Å². The Kier molecular flexibility index (Phi) is 5.29. The average molecular weight is 429 g/mol. The number of hydrogen-bond donors (Lipinski definition) is 1. The number of hydrogen-bond acceptors (Lipinski definition) is 4. The summed E-state index contributed by atoms with van der Waals surface area (Å²) in [6.45, 7) is 3.82. The van der Waals surface area contributed by atoms with Crippen LogP contribution in [0.25, 0.3) is 5.57 Å². The van der Waals surface area contributed by atoms with Crippen LogP contribution < -0.4 is 10.2 Å². The number of carbonyl (C=O) groups is 2. The number of nitrogens with one attached hydrogen (secondary N) is 1. The molecule has 0 aliphatic carbocycles. The van der Waals surface area contributed by atoms with Crippen molar-refractivity contribution < 1.29 is 18.4 Å². The fourth-order valence-corrected chi connectivity index (χ4v) is 3.45. The highest BCUT2D eigenvalue weighted by atomic mass is 19.2. The van der Waals surface area contributed by atoms with E-state index >= 15 is 0 Å². The quantitative estimate of drug-likeness (QED) is 0.602. The summed E-state index contributed by atoms with van der Waals surface area (Å²) in [7, 11) is 0. The molecule has 0 saturated carbocycles. The van der Waals surface area contributed by atoms with Crippen LogP contribution >= 0.6 is 0 Å². The molecule has 0 spiro atoms. The highest BCUT2D eigenvalue weighted by molar-refractivity contribution is 6.46. The Morgan fingerprint density at radius 2 is 1.56 bits per heavy atom. The number of halogens is 2. The summed E-state index contributed by atoms with van der Waals surface area (Å²) >= 11 is 0. The van der Waals surface area contributed by atoms with Crippen LogP contribution in [0.2, 0.25) is 0 Å². The number of imide groups is 1. The van der Waals surface area contributed by atoms with Gasteiger partial charge in [-0.2, -0.15) is 5.26 Å². The van der Waals surface area contributed by atoms with Gasteiger partial charge < -0.3 is 5.32 Å². The maximum Gasteiger partial charge on any atom is 0.282 e. The van der Waals surface area contributed by atoms with Crippen molar-refractivity contribution >= 4 is 28.8 Å². The molecule has 158 valence electrons. The van der Waals surface area contributed by atoms with E-state index < -0.39 is 23.4 Å². The Labute approximate surface area is 183 Å². The van der Waals surface area contributed by atoms with Crippen LogP contribution in [0.5, 0.6) is 0 Å². The van der Waals surface area contributed by atoms with E-state index in [2.05, 4.69) is 5.32 Å². The standard InChI is InChI=1S/C25H17F2N3O2/c1-14-3-6-17(11-15(14)2)22-23(29-18-7-10-20(26)21(27)12-18)25(32)30(24(22)31)19-8-4-16(13-28)5-9-19/h3-12,29H,1-2H3. The Morgan fingerprint density at radius 3 is 2.19 bits per heavy atom. The second kappa shape index (κ2) is 8.08. The maximum absolute atomic E-state index is 13.7. The first-order chi connectivity index (χ1) is 15.3. The molecule has 5 nitrogen and oxygen atoms in total. The maximum atomic E-state index is 13.7. The molecule has 1 heterocycles. The number of nitrogens with zero attached hydrogens (tertiary/aromatic N) is 2. The van der Waals surface area contributed by atoms with Crippen molar-refractivity contribution in [2.45, 2.75) is 13.8 Å². The molecule has 3 aromatic rings. The molecule has 2 amide bonds. The van der Waals surface area contributed by atoms with Crippen LogP contribution in [0.4, 0.5) is 20.2 Å². The molecule has 32 heavy (non-hydrogen) atoms. The van der Waals surface area contributed by atoms with Crippen molar-refractivity contribution in [3.05, 3.63) is 100 Å². The van der Waals surface area contributed by atoms with E-state index in [0.29, 0.717) is 16.8 Å². The fraction of sp³-hybridized carbons (Fsp3) is 0.0800. The second-order valence-electron chi connectivity index (χ2n) is 7.41. The van der Waals surface area contributed by atoms with Crippen molar-refractivity contribution in [3.63, 3.8) is 0 Å². The summed E-state index contributed by atoms with van der Waals surface area (Å²) in [6.07, 6.45) is 0. The number of benzene rings is 3. The molecular formula is C25H17F2N3O2. The topological polar surface area (TPSA) is 73.2 Å². The van der Waals surface area contributed by atoms with Gasteiger partial charge in [0.2, 0.25) is 0 Å². The first-order valence-corrected chi connectivity index (χ1v) is 9.73. The lowest BCUT2D eigenvalue weighted by molar-refractivity contribution is -0.120. The number of aryl methyl sites for hydroxylation is 2. The second-order valence-corrected chi connectivity index (χ2v) is 7.41. The van der Waals surface area contributed by atoms with Crippen LogP contribution in [0.1, 0.15) is 22.3 Å². The molecule has 0 bridgehead atoms. The molecule has 0 radical (unpaired) electrons. The smallest absolute Gasteiger partial charge is 0.282 e. The largest absolute Gasteiger partial charge is 0.350 e. The van der Waals surface area contributed by atoms with Crippen molar-refractivity contribution in [2.75, 3.05) is 10.2 Å². The lowest BCUT2D eigenvalue weighted by atomic mass is 9.99. The third kappa shape index (κ3) is 3.63. The molecule has 1 aliphatic heterocycles. The lowest BCUT2D eigenvalue weighted by Gasteiger charge is -2.15. The number of anilines is 2. The lowest BCUT2D eigenvalue weighted by Crippen LogP contribution is -2.32. The molecule has 0 atom stereocenters. The predicted molar refractivity (Wildman–Crippen MR) is 116 cm³/mol. The van der Waals surface area contributed by atoms with Gasteiger partial charge in [0.05, 0.1) is 22.9 Å². The Morgan fingerprint density at radius 1 is 0.844 bits per heavy atom. The highest BCUT2D eigenvalue weighted by Crippen LogP contribution is 2.34. The van der Waals surface area contributed by atoms with Gasteiger partial charge in [-0.1, -0.05) is 18.2 Å². The number of rotatable bonds is 4. The highest BCUT2D eigenvalue weighted by Gasteiger charge is 2.40. The van der Waals surface area contributed by atoms with Crippen LogP contribution in [-0.4, -0.2) is 11.8 Å². The first-order valence-electron chi connectivity index (χ1n) is 9.73. The summed E-state index contributed by atoms with van der Waals surface area (Å²) in [6, 6.07) is 16.5. The molecule has 1 aliphatic rings. The van der Waals surface area contributed by atoms with E-state index in [4.69, 9.17) is 5.26 Å². The van der Waals surface area contributed by atoms with E-state index in [-0.39, 0.29) is 17.0 Å². The van der Waals surface area contributed by atoms with Gasteiger partial charge in [-0.25, -0.2) is 13.7 Å². The number of amides is 2. The van der Waals surface area contributed by atoms with Crippen LogP contribution in [0, 0.1) is 36.8 Å². The predicted octanol–water partition coefficient (Wildman–Crippen LogP) is 4.85. The van der Waals surface area contributed by atoms with Gasteiger partial charge in [0.25, 0.3) is 11.8 Å². The molecule has 0 fully saturated rings. The summed E-state index contributed by atoms with van der Waals surface area (Å²) < 4.78 is 27.1. The SMILES string of the molecule is Cc1ccc(C2=C(Nc3ccc(F)c(F)c3)C(=O)N(c3ccc(C#N)cc3)C2=O)cc1C. The van der Waals surface area contributed by atoms with E-state index in [0.717, 1.165) is 28.2 Å². The Balaban J connectivity index is 1.83. The van der Waals surface area contributed by atoms with Gasteiger partial charge in [-0.3, -0.25) is 9.59 Å². The molecule has 1 N–H and O–H groups in total. The third-order valence-electron chi connectivity index (χ3n) is 5.32. The van der Waals surface area contributed by atoms with Gasteiger partial charge in [0.1, 0.15) is 5.70 Å². The van der Waals surface area contributed by atoms with Crippen molar-refractivity contribution in [3.8, 4) is 6.07 Å². The Bertz CT molecular complexity index is 1340. The van der Waals surface area contributed by atoms with Crippen LogP contribution in [-0.2, 0) is 9.59 Å². The molecule has 0 unspecified atom stereocenters. The third-order valence-corrected chi connectivity index (χ3v) is 5.32. The molecule has 0 aromatic heterocycles. The molecular weight excluding hydrogens is 412 g/mol. The van der Waals surface area contributed by atoms with Gasteiger partial charge in [0.15, 0.2) is 11.6 Å². The van der Waals surface area contributed by atoms with Crippen molar-refractivity contribution in [2.24, 2.45) is 0 Å². The van der Waals surface area contributed by atoms with Gasteiger partial charge in [0, 0.05) is 11.8 Å². The monoisotopic (exact) mass is 429 g/mol. The normalized spacial score (nSPS) is 13.5. The van der Waals surface area contributed by atoms with E-state index in [1.807, 2.05) is 26.0 Å². The summed E-state index contributed by atoms with van der Waals surface area (Å²) in [5.74, 6) is -3.30. The zero-order chi connectivity index (χ0) is 23.0. The van der Waals surface area contributed by atoms with E-state index in [1.165, 1.54) is 30.3 Å². The minimum absolute atomic E-state index is 0.0476. The number of carbonyl (C=O) groups excluding carboxylic acids is 2. The van der Waals surface area contributed by atoms with Gasteiger partial charge >= 0.3 is 0 Å². The zero-order valence-electron chi connectivity index (χ0n) is 17.2. The summed E-state index contributed by atoms with van der Waals surface area (Å²) in [4.78, 5) is 27.7. The number of nitriles is 1. The van der Waals surface area contributed by atoms with Gasteiger partial charge in [-0.05, 0) is 66.9 Å². The van der Waals surface area contributed by atoms with Gasteiger partial charge in [-0.15, -0.1) is 0 Å². The van der Waals surface area contributed by atoms with Crippen LogP contribution in [0.3, 0.4) is 0 Å². The summed E-state index contributed by atoms with van der Waals surface area (Å²) in [5.41, 5.74) is 3.35. The van der Waals surface area contributed by atoms with E-state index in [9.17, 15) is 18.4 Å². The Hall–Kier alpha value is -4.31. The van der Waals surface area contributed by atoms with Crippen LogP contribution in [0.15, 0.2) is 66.4 Å². The fourth-order valence-electron chi connectivity index (χ4n) is 3.45. The molecule has 0 saturated heterocycles. The average Bonchev–Trinajstić information content (AvgIpc) is 3.02. The molecule has 7 heteroatoms. The zero-order valence-corrected chi connectivity index (χ0v) is 17.2. The first kappa shape index (κ1) is 20.9. The minimum Gasteiger partial charge on any atom is -0.350 e. The molecule has 4 rings (SSSR count). The van der Waals surface area contributed by atoms with E-state index in [1.54, 1.807) is 12.1 Å². The van der Waals surface area contributed by atoms with Crippen molar-refractivity contribution in [1.29, 1.82) is 5.26 Å². The minimum atomic E-state index is -1.08. The summed E-state index contributed by atoms with van der Waals surface area (Å²) in [5, 5.41) is 11.8. The molecule has 3 aromatic carbocycles.